The van der Waals surface area contributed by atoms with Crippen molar-refractivity contribution in [3.63, 3.8) is 0 Å². The van der Waals surface area contributed by atoms with Gasteiger partial charge in [-0.3, -0.25) is 23.9 Å². The highest BCUT2D eigenvalue weighted by Crippen LogP contribution is 2.28. The predicted molar refractivity (Wildman–Crippen MR) is 170 cm³/mol. The summed E-state index contributed by atoms with van der Waals surface area (Å²) in [6, 6.07) is 13.5. The Labute approximate surface area is 249 Å². The normalized spacial score (nSPS) is 11.4. The van der Waals surface area contributed by atoms with E-state index in [9.17, 15) is 14.4 Å². The summed E-state index contributed by atoms with van der Waals surface area (Å²) >= 11 is 0. The number of aliphatic imine (C=N–C) groups is 1. The van der Waals surface area contributed by atoms with Crippen LogP contribution in [0.4, 0.5) is 11.5 Å². The van der Waals surface area contributed by atoms with E-state index in [1.807, 2.05) is 18.2 Å². The summed E-state index contributed by atoms with van der Waals surface area (Å²) in [7, 11) is 0. The molecule has 2 heterocycles. The van der Waals surface area contributed by atoms with Crippen molar-refractivity contribution in [2.45, 2.75) is 26.3 Å². The number of para-hydroxylation sites is 1. The molecule has 10 heteroatoms. The second-order valence-corrected chi connectivity index (χ2v) is 9.45. The van der Waals surface area contributed by atoms with Crippen molar-refractivity contribution in [1.82, 2.24) is 25.2 Å². The van der Waals surface area contributed by atoms with Gasteiger partial charge in [0.2, 0.25) is 5.91 Å². The number of aryl methyl sites for hydroxylation is 1. The predicted octanol–water partition coefficient (Wildman–Crippen LogP) is 4.09. The van der Waals surface area contributed by atoms with Gasteiger partial charge in [-0.05, 0) is 49.8 Å². The number of carbonyl (C=O) groups is 2. The van der Waals surface area contributed by atoms with E-state index in [2.05, 4.69) is 45.6 Å². The molecule has 0 radical (unpaired) electrons. The van der Waals surface area contributed by atoms with Crippen LogP contribution in [0.25, 0.3) is 16.6 Å². The highest BCUT2D eigenvalue weighted by Gasteiger charge is 2.24. The Kier molecular flexibility index (Phi) is 9.60. The van der Waals surface area contributed by atoms with Gasteiger partial charge in [0.1, 0.15) is 17.2 Å². The lowest BCUT2D eigenvalue weighted by Crippen LogP contribution is -2.34. The number of amides is 2. The molecule has 4 aromatic rings. The molecule has 0 spiro atoms. The lowest BCUT2D eigenvalue weighted by Gasteiger charge is -2.21. The molecule has 4 rings (SSSR count). The number of hydrogen-bond donors (Lipinski definition) is 3. The second kappa shape index (κ2) is 13.7. The maximum atomic E-state index is 14.1. The molecule has 0 aliphatic carbocycles. The van der Waals surface area contributed by atoms with Crippen LogP contribution in [0.1, 0.15) is 46.7 Å². The molecular formula is C33H31N7O3. The first-order valence-corrected chi connectivity index (χ1v) is 13.5. The molecule has 2 amide bonds. The Balaban J connectivity index is 1.79. The molecule has 0 bridgehead atoms. The van der Waals surface area contributed by atoms with Crippen molar-refractivity contribution in [3.8, 4) is 17.5 Å². The Morgan fingerprint density at radius 3 is 2.65 bits per heavy atom. The van der Waals surface area contributed by atoms with E-state index in [0.717, 1.165) is 0 Å². The van der Waals surface area contributed by atoms with Crippen LogP contribution < -0.4 is 21.9 Å². The van der Waals surface area contributed by atoms with Crippen molar-refractivity contribution >= 4 is 40.4 Å². The molecular weight excluding hydrogens is 542 g/mol. The van der Waals surface area contributed by atoms with Crippen LogP contribution in [0, 0.1) is 18.8 Å². The summed E-state index contributed by atoms with van der Waals surface area (Å²) in [5, 5.41) is 5.93. The quantitative estimate of drug-likeness (QED) is 0.119. The molecule has 1 atom stereocenters. The fourth-order valence-electron chi connectivity index (χ4n) is 4.41. The van der Waals surface area contributed by atoms with Gasteiger partial charge in [0, 0.05) is 30.9 Å². The number of nitrogens with one attached hydrogen (secondary N) is 2. The number of pyridine rings is 1. The SMILES string of the molecule is C=C/C=N\c1c(C)cnc(N)c1C(=O)N[C@H](C)c1nc2cccc(C#CCCNC(=O)C=C)c2c(=O)n1-c1ccccc1. The van der Waals surface area contributed by atoms with E-state index >= 15 is 0 Å². The number of anilines is 1. The van der Waals surface area contributed by atoms with Crippen molar-refractivity contribution in [1.29, 1.82) is 0 Å². The van der Waals surface area contributed by atoms with E-state index in [-0.39, 0.29) is 22.8 Å². The zero-order valence-electron chi connectivity index (χ0n) is 23.9. The van der Waals surface area contributed by atoms with Gasteiger partial charge in [0.25, 0.3) is 11.5 Å². The number of benzene rings is 2. The Morgan fingerprint density at radius 2 is 1.93 bits per heavy atom. The van der Waals surface area contributed by atoms with E-state index in [1.54, 1.807) is 50.4 Å². The molecule has 2 aromatic carbocycles. The summed E-state index contributed by atoms with van der Waals surface area (Å²) in [4.78, 5) is 52.4. The average molecular weight is 574 g/mol. The molecule has 0 unspecified atom stereocenters. The Bertz CT molecular complexity index is 1870. The first kappa shape index (κ1) is 30.1. The zero-order valence-corrected chi connectivity index (χ0v) is 23.9. The molecule has 0 aliphatic rings. The van der Waals surface area contributed by atoms with Crippen molar-refractivity contribution in [3.05, 3.63) is 113 Å². The third-order valence-electron chi connectivity index (χ3n) is 6.43. The summed E-state index contributed by atoms with van der Waals surface area (Å²) in [6.07, 6.45) is 6.09. The van der Waals surface area contributed by atoms with E-state index in [4.69, 9.17) is 10.7 Å². The van der Waals surface area contributed by atoms with E-state index in [0.29, 0.717) is 52.2 Å². The minimum Gasteiger partial charge on any atom is -0.383 e. The maximum Gasteiger partial charge on any atom is 0.267 e. The first-order valence-electron chi connectivity index (χ1n) is 13.5. The van der Waals surface area contributed by atoms with Crippen LogP contribution in [0.15, 0.2) is 89.8 Å². The number of rotatable bonds is 9. The van der Waals surface area contributed by atoms with E-state index < -0.39 is 11.9 Å². The van der Waals surface area contributed by atoms with Crippen molar-refractivity contribution in [2.24, 2.45) is 4.99 Å². The summed E-state index contributed by atoms with van der Waals surface area (Å²) in [5.41, 5.74) is 8.41. The average Bonchev–Trinajstić information content (AvgIpc) is 3.01. The maximum absolute atomic E-state index is 14.1. The van der Waals surface area contributed by atoms with Crippen LogP contribution >= 0.6 is 0 Å². The standard InChI is InChI=1S/C33H31N7O3/c1-5-18-36-29-21(3)20-37-30(34)28(29)32(42)38-22(4)31-39-25-17-12-14-23(13-10-11-19-35-26(41)6-2)27(25)33(43)40(31)24-15-8-7-9-16-24/h5-9,12,14-18,20,22H,1-2,11,19H2,3-4H3,(H2,34,37)(H,35,41)(H,38,42)/b36-18-/t22-/m1/s1. The number of allylic oxidation sites excluding steroid dienone is 1. The molecule has 0 saturated heterocycles. The van der Waals surface area contributed by atoms with Gasteiger partial charge in [-0.2, -0.15) is 0 Å². The smallest absolute Gasteiger partial charge is 0.267 e. The topological polar surface area (TPSA) is 144 Å². The molecule has 0 fully saturated rings. The van der Waals surface area contributed by atoms with Gasteiger partial charge < -0.3 is 16.4 Å². The van der Waals surface area contributed by atoms with Crippen LogP contribution in [0.3, 0.4) is 0 Å². The second-order valence-electron chi connectivity index (χ2n) is 9.45. The molecule has 10 nitrogen and oxygen atoms in total. The third kappa shape index (κ3) is 6.74. The molecule has 4 N–H and O–H groups in total. The minimum atomic E-state index is -0.732. The summed E-state index contributed by atoms with van der Waals surface area (Å²) in [5.74, 6) is 5.58. The lowest BCUT2D eigenvalue weighted by atomic mass is 10.1. The van der Waals surface area contributed by atoms with E-state index in [1.165, 1.54) is 22.9 Å². The Morgan fingerprint density at radius 1 is 1.16 bits per heavy atom. The molecule has 0 saturated carbocycles. The van der Waals surface area contributed by atoms with Gasteiger partial charge in [0.15, 0.2) is 0 Å². The molecule has 43 heavy (non-hydrogen) atoms. The molecule has 2 aromatic heterocycles. The number of aromatic nitrogens is 3. The third-order valence-corrected chi connectivity index (χ3v) is 6.43. The summed E-state index contributed by atoms with van der Waals surface area (Å²) in [6.45, 7) is 10.9. The fraction of sp³-hybridized carbons (Fsp3) is 0.152. The van der Waals surface area contributed by atoms with Gasteiger partial charge in [-0.15, -0.1) is 0 Å². The number of nitrogens with two attached hydrogens (primary N) is 1. The number of nitrogen functional groups attached to an aromatic ring is 1. The first-order chi connectivity index (χ1) is 20.8. The number of nitrogens with zero attached hydrogens (tertiary/aromatic N) is 4. The minimum absolute atomic E-state index is 0.0192. The van der Waals surface area contributed by atoms with Gasteiger partial charge in [0.05, 0.1) is 28.3 Å². The highest BCUT2D eigenvalue weighted by molar-refractivity contribution is 6.04. The van der Waals surface area contributed by atoms with Gasteiger partial charge >= 0.3 is 0 Å². The van der Waals surface area contributed by atoms with Crippen LogP contribution in [0.2, 0.25) is 0 Å². The fourth-order valence-corrected chi connectivity index (χ4v) is 4.41. The zero-order chi connectivity index (χ0) is 30.9. The Hall–Kier alpha value is -5.82. The highest BCUT2D eigenvalue weighted by atomic mass is 16.2. The number of carbonyl (C=O) groups excluding carboxylic acids is 2. The van der Waals surface area contributed by atoms with Gasteiger partial charge in [-0.1, -0.05) is 55.3 Å². The molecule has 0 aliphatic heterocycles. The number of fused-ring (bicyclic) bond motifs is 1. The van der Waals surface area contributed by atoms with Crippen LogP contribution in [-0.2, 0) is 4.79 Å². The van der Waals surface area contributed by atoms with Gasteiger partial charge in [-0.25, -0.2) is 9.97 Å². The van der Waals surface area contributed by atoms with Crippen LogP contribution in [-0.4, -0.2) is 39.1 Å². The lowest BCUT2D eigenvalue weighted by molar-refractivity contribution is -0.116. The monoisotopic (exact) mass is 573 g/mol. The van der Waals surface area contributed by atoms with Crippen molar-refractivity contribution in [2.75, 3.05) is 12.3 Å². The van der Waals surface area contributed by atoms with Crippen LogP contribution in [0.5, 0.6) is 0 Å². The molecule has 216 valence electrons. The number of hydrogen-bond acceptors (Lipinski definition) is 7. The largest absolute Gasteiger partial charge is 0.383 e. The summed E-state index contributed by atoms with van der Waals surface area (Å²) < 4.78 is 1.47. The van der Waals surface area contributed by atoms with Crippen molar-refractivity contribution < 1.29 is 9.59 Å².